The fraction of sp³-hybridized carbons (Fsp3) is 0.438. The fourth-order valence-corrected chi connectivity index (χ4v) is 4.60. The summed E-state index contributed by atoms with van der Waals surface area (Å²) in [7, 11) is 0. The van der Waals surface area contributed by atoms with E-state index < -0.39 is 0 Å². The third-order valence-corrected chi connectivity index (χ3v) is 6.68. The van der Waals surface area contributed by atoms with Gasteiger partial charge in [-0.05, 0) is 48.8 Å². The Hall–Kier alpha value is -2.38. The second kappa shape index (κ2) is 14.7. The predicted octanol–water partition coefficient (Wildman–Crippen LogP) is 9.10. The van der Waals surface area contributed by atoms with Gasteiger partial charge in [0.2, 0.25) is 0 Å². The van der Waals surface area contributed by atoms with Gasteiger partial charge in [-0.3, -0.25) is 0 Å². The van der Waals surface area contributed by atoms with Crippen LogP contribution in [0.2, 0.25) is 0 Å². The summed E-state index contributed by atoms with van der Waals surface area (Å²) < 4.78 is 6.32. The van der Waals surface area contributed by atoms with Gasteiger partial charge in [0.25, 0.3) is 0 Å². The molecule has 0 spiro atoms. The highest BCUT2D eigenvalue weighted by atomic mass is 16.5. The Morgan fingerprint density at radius 1 is 0.758 bits per heavy atom. The quantitative estimate of drug-likeness (QED) is 0.321. The van der Waals surface area contributed by atoms with E-state index in [1.807, 2.05) is 0 Å². The molecule has 0 N–H and O–H groups in total. The topological polar surface area (TPSA) is 9.23 Å². The lowest BCUT2D eigenvalue weighted by atomic mass is 9.87. The van der Waals surface area contributed by atoms with Crippen molar-refractivity contribution in [1.29, 1.82) is 0 Å². The zero-order valence-electron chi connectivity index (χ0n) is 20.7. The summed E-state index contributed by atoms with van der Waals surface area (Å²) in [4.78, 5) is 0. The Bertz CT molecular complexity index is 824. The maximum absolute atomic E-state index is 6.32. The van der Waals surface area contributed by atoms with Crippen LogP contribution in [0.5, 0.6) is 0 Å². The smallest absolute Gasteiger partial charge is 0.108 e. The molecule has 3 aromatic carbocycles. The highest BCUT2D eigenvalue weighted by molar-refractivity contribution is 5.29. The highest BCUT2D eigenvalue weighted by Crippen LogP contribution is 2.29. The summed E-state index contributed by atoms with van der Waals surface area (Å²) in [5.74, 6) is 0.876. The second-order valence-corrected chi connectivity index (χ2v) is 9.45. The van der Waals surface area contributed by atoms with E-state index >= 15 is 0 Å². The summed E-state index contributed by atoms with van der Waals surface area (Å²) in [5, 5.41) is 0. The van der Waals surface area contributed by atoms with Crippen LogP contribution >= 0.6 is 0 Å². The molecule has 176 valence electrons. The molecule has 4 rings (SSSR count). The number of rotatable bonds is 9. The number of benzene rings is 3. The summed E-state index contributed by atoms with van der Waals surface area (Å²) >= 11 is 0. The molecule has 0 aliphatic heterocycles. The van der Waals surface area contributed by atoms with Crippen molar-refractivity contribution in [2.75, 3.05) is 6.61 Å². The molecule has 33 heavy (non-hydrogen) atoms. The van der Waals surface area contributed by atoms with E-state index in [0.29, 0.717) is 0 Å². The van der Waals surface area contributed by atoms with Gasteiger partial charge in [0, 0.05) is 6.61 Å². The van der Waals surface area contributed by atoms with E-state index in [1.165, 1.54) is 80.0 Å². The van der Waals surface area contributed by atoms with Gasteiger partial charge in [0.1, 0.15) is 6.10 Å². The van der Waals surface area contributed by atoms with Crippen LogP contribution in [0.1, 0.15) is 86.6 Å². The molecule has 0 atom stereocenters. The van der Waals surface area contributed by atoms with Gasteiger partial charge in [-0.2, -0.15) is 0 Å². The van der Waals surface area contributed by atoms with Crippen molar-refractivity contribution in [3.05, 3.63) is 107 Å². The molecule has 1 saturated carbocycles. The maximum Gasteiger partial charge on any atom is 0.108 e. The molecule has 0 unspecified atom stereocenters. The molecule has 1 aliphatic rings. The normalized spacial score (nSPS) is 14.0. The van der Waals surface area contributed by atoms with Crippen LogP contribution in [0, 0.1) is 12.8 Å². The summed E-state index contributed by atoms with van der Waals surface area (Å²) in [6.45, 7) is 5.22. The first kappa shape index (κ1) is 25.2. The zero-order valence-corrected chi connectivity index (χ0v) is 20.7. The maximum atomic E-state index is 6.32. The first-order valence-electron chi connectivity index (χ1n) is 13.0. The molecular formula is C32H42O. The molecule has 1 fully saturated rings. The molecule has 0 bridgehead atoms. The van der Waals surface area contributed by atoms with E-state index in [2.05, 4.69) is 98.8 Å². The van der Waals surface area contributed by atoms with Gasteiger partial charge in [-0.1, -0.05) is 136 Å². The Morgan fingerprint density at radius 2 is 1.33 bits per heavy atom. The molecular weight excluding hydrogens is 400 g/mol. The van der Waals surface area contributed by atoms with Gasteiger partial charge in [0.15, 0.2) is 0 Å². The second-order valence-electron chi connectivity index (χ2n) is 9.45. The average molecular weight is 443 g/mol. The van der Waals surface area contributed by atoms with Crippen molar-refractivity contribution >= 4 is 0 Å². The average Bonchev–Trinajstić information content (AvgIpc) is 2.88. The molecule has 0 radical (unpaired) electrons. The molecule has 1 nitrogen and oxygen atoms in total. The molecule has 0 saturated heterocycles. The van der Waals surface area contributed by atoms with Crippen LogP contribution in [0.25, 0.3) is 0 Å². The van der Waals surface area contributed by atoms with E-state index in [9.17, 15) is 0 Å². The monoisotopic (exact) mass is 442 g/mol. The van der Waals surface area contributed by atoms with Crippen molar-refractivity contribution < 1.29 is 4.74 Å². The van der Waals surface area contributed by atoms with Crippen LogP contribution in [0.4, 0.5) is 0 Å². The number of hydrogen-bond donors (Lipinski definition) is 0. The highest BCUT2D eigenvalue weighted by Gasteiger charge is 2.17. The lowest BCUT2D eigenvalue weighted by Gasteiger charge is -2.24. The standard InChI is InChI=1S/C21H26O.C11H16/c1-4-10-18(11-5-1)16-17-22-21(19-12-6-2-7-13-19)20-14-8-3-9-15-20;1-3-4-5-11-8-6-10(2)7-9-11/h2-3,6-9,12-15,18,21H,1,4-5,10-11,16-17H2;6-9H,3-5H2,1-2H3. The summed E-state index contributed by atoms with van der Waals surface area (Å²) in [6.07, 6.45) is 12.1. The van der Waals surface area contributed by atoms with Gasteiger partial charge in [-0.15, -0.1) is 0 Å². The van der Waals surface area contributed by atoms with E-state index in [-0.39, 0.29) is 6.10 Å². The van der Waals surface area contributed by atoms with Crippen molar-refractivity contribution in [2.45, 2.75) is 77.7 Å². The number of hydrogen-bond acceptors (Lipinski definition) is 1. The molecule has 1 aliphatic carbocycles. The van der Waals surface area contributed by atoms with E-state index in [4.69, 9.17) is 4.74 Å². The lowest BCUT2D eigenvalue weighted by Crippen LogP contribution is -2.12. The van der Waals surface area contributed by atoms with Crippen molar-refractivity contribution in [3.63, 3.8) is 0 Å². The van der Waals surface area contributed by atoms with Crippen molar-refractivity contribution in [3.8, 4) is 0 Å². The van der Waals surface area contributed by atoms with Crippen molar-refractivity contribution in [2.24, 2.45) is 5.92 Å². The summed E-state index contributed by atoms with van der Waals surface area (Å²) in [5.41, 5.74) is 5.32. The van der Waals surface area contributed by atoms with Gasteiger partial charge >= 0.3 is 0 Å². The van der Waals surface area contributed by atoms with Gasteiger partial charge in [-0.25, -0.2) is 0 Å². The van der Waals surface area contributed by atoms with Gasteiger partial charge in [0.05, 0.1) is 0 Å². The van der Waals surface area contributed by atoms with Crippen molar-refractivity contribution in [1.82, 2.24) is 0 Å². The molecule has 1 heteroatoms. The minimum atomic E-state index is 0.0611. The zero-order chi connectivity index (χ0) is 23.1. The Labute approximate surface area is 202 Å². The first-order chi connectivity index (χ1) is 16.3. The minimum absolute atomic E-state index is 0.0611. The largest absolute Gasteiger partial charge is 0.369 e. The Balaban J connectivity index is 0.000000235. The molecule has 3 aromatic rings. The SMILES string of the molecule is CCCCc1ccc(C)cc1.c1ccc(C(OCCC2CCCCC2)c2ccccc2)cc1. The predicted molar refractivity (Wildman–Crippen MR) is 142 cm³/mol. The van der Waals surface area contributed by atoms with Crippen LogP contribution in [0.3, 0.4) is 0 Å². The van der Waals surface area contributed by atoms with Crippen LogP contribution < -0.4 is 0 Å². The van der Waals surface area contributed by atoms with Crippen LogP contribution in [-0.2, 0) is 11.2 Å². The molecule has 0 heterocycles. The number of unbranched alkanes of at least 4 members (excludes halogenated alkanes) is 1. The number of aryl methyl sites for hydroxylation is 2. The van der Waals surface area contributed by atoms with Crippen LogP contribution in [-0.4, -0.2) is 6.61 Å². The van der Waals surface area contributed by atoms with E-state index in [0.717, 1.165) is 12.5 Å². The lowest BCUT2D eigenvalue weighted by molar-refractivity contribution is 0.0657. The van der Waals surface area contributed by atoms with Crippen LogP contribution in [0.15, 0.2) is 84.9 Å². The Morgan fingerprint density at radius 3 is 1.88 bits per heavy atom. The summed E-state index contributed by atoms with van der Waals surface area (Å²) in [6, 6.07) is 30.0. The van der Waals surface area contributed by atoms with E-state index in [1.54, 1.807) is 0 Å². The third-order valence-electron chi connectivity index (χ3n) is 6.68. The Kier molecular flexibility index (Phi) is 11.2. The molecule has 0 aromatic heterocycles. The molecule has 0 amide bonds. The number of ether oxygens (including phenoxy) is 1. The third kappa shape index (κ3) is 9.18. The minimum Gasteiger partial charge on any atom is -0.369 e. The first-order valence-corrected chi connectivity index (χ1v) is 13.0. The van der Waals surface area contributed by atoms with Gasteiger partial charge < -0.3 is 4.74 Å². The fourth-order valence-electron chi connectivity index (χ4n) is 4.60.